The van der Waals surface area contributed by atoms with Crippen molar-refractivity contribution in [2.45, 2.75) is 12.2 Å². The Morgan fingerprint density at radius 3 is 2.60 bits per heavy atom. The van der Waals surface area contributed by atoms with E-state index in [0.29, 0.717) is 0 Å². The summed E-state index contributed by atoms with van der Waals surface area (Å²) in [6.07, 6.45) is -4.64. The lowest BCUT2D eigenvalue weighted by Crippen LogP contribution is -2.51. The molecule has 1 aliphatic rings. The molecule has 0 radical (unpaired) electrons. The maximum atomic E-state index is 13.3. The molecule has 1 saturated heterocycles. The zero-order valence-electron chi connectivity index (χ0n) is 13.4. The van der Waals surface area contributed by atoms with Crippen molar-refractivity contribution >= 4 is 12.0 Å². The van der Waals surface area contributed by atoms with E-state index < -0.39 is 35.7 Å². The number of nitrogens with one attached hydrogen (secondary N) is 2. The number of ether oxygens (including phenoxy) is 2. The zero-order chi connectivity index (χ0) is 18.6. The number of halogens is 3. The van der Waals surface area contributed by atoms with E-state index in [9.17, 15) is 22.8 Å². The van der Waals surface area contributed by atoms with Crippen molar-refractivity contribution in [3.05, 3.63) is 47.7 Å². The first kappa shape index (κ1) is 18.8. The molecule has 2 amide bonds. The van der Waals surface area contributed by atoms with Gasteiger partial charge in [0, 0.05) is 12.8 Å². The Balaban J connectivity index is 2.39. The Morgan fingerprint density at radius 1 is 1.28 bits per heavy atom. The van der Waals surface area contributed by atoms with Gasteiger partial charge in [-0.15, -0.1) is 0 Å². The van der Waals surface area contributed by atoms with Crippen LogP contribution in [0.2, 0.25) is 0 Å². The lowest BCUT2D eigenvalue weighted by atomic mass is 9.86. The van der Waals surface area contributed by atoms with Crippen LogP contribution in [0, 0.1) is 5.92 Å². The van der Waals surface area contributed by atoms with Crippen LogP contribution in [0.25, 0.3) is 0 Å². The number of hydrogen-bond donors (Lipinski definition) is 2. The van der Waals surface area contributed by atoms with Crippen LogP contribution in [0.5, 0.6) is 0 Å². The van der Waals surface area contributed by atoms with Gasteiger partial charge in [-0.1, -0.05) is 24.8 Å². The van der Waals surface area contributed by atoms with Gasteiger partial charge in [-0.25, -0.2) is 4.79 Å². The highest BCUT2D eigenvalue weighted by Crippen LogP contribution is 2.39. The number of rotatable bonds is 5. The molecule has 136 valence electrons. The summed E-state index contributed by atoms with van der Waals surface area (Å²) in [5, 5.41) is 4.65. The number of carbonyl (C=O) groups excluding carboxylic acids is 2. The molecule has 1 fully saturated rings. The molecule has 0 aliphatic carbocycles. The van der Waals surface area contributed by atoms with E-state index in [1.807, 2.05) is 0 Å². The average Bonchev–Trinajstić information content (AvgIpc) is 2.53. The van der Waals surface area contributed by atoms with Crippen LogP contribution in [-0.2, 0) is 20.4 Å². The van der Waals surface area contributed by atoms with Crippen LogP contribution >= 0.6 is 0 Å². The summed E-state index contributed by atoms with van der Waals surface area (Å²) < 4.78 is 49.6. The molecule has 1 heterocycles. The molecule has 0 saturated carbocycles. The summed E-state index contributed by atoms with van der Waals surface area (Å²) in [5.41, 5.74) is -1.21. The van der Waals surface area contributed by atoms with Gasteiger partial charge in [-0.2, -0.15) is 13.2 Å². The van der Waals surface area contributed by atoms with Crippen LogP contribution in [-0.4, -0.2) is 32.3 Å². The number of benzene rings is 1. The van der Waals surface area contributed by atoms with E-state index in [1.54, 1.807) is 0 Å². The maximum absolute atomic E-state index is 13.3. The normalized spacial score (nSPS) is 20.6. The minimum Gasteiger partial charge on any atom is -0.463 e. The van der Waals surface area contributed by atoms with Gasteiger partial charge in [-0.05, 0) is 11.6 Å². The summed E-state index contributed by atoms with van der Waals surface area (Å²) in [6.45, 7) is 3.64. The second kappa shape index (κ2) is 7.56. The molecule has 1 aromatic rings. The van der Waals surface area contributed by atoms with Gasteiger partial charge in [0.2, 0.25) is 0 Å². The Hall–Kier alpha value is -2.55. The van der Waals surface area contributed by atoms with Crippen molar-refractivity contribution in [3.8, 4) is 0 Å². The smallest absolute Gasteiger partial charge is 0.416 e. The quantitative estimate of drug-likeness (QED) is 0.626. The topological polar surface area (TPSA) is 76.7 Å². The highest BCUT2D eigenvalue weighted by Gasteiger charge is 2.43. The summed E-state index contributed by atoms with van der Waals surface area (Å²) in [7, 11) is 1.41. The molecule has 1 aliphatic heterocycles. The Morgan fingerprint density at radius 2 is 1.96 bits per heavy atom. The molecule has 6 nitrogen and oxygen atoms in total. The van der Waals surface area contributed by atoms with Crippen molar-refractivity contribution in [1.29, 1.82) is 0 Å². The van der Waals surface area contributed by atoms with Crippen molar-refractivity contribution in [2.24, 2.45) is 5.92 Å². The molecule has 25 heavy (non-hydrogen) atoms. The summed E-state index contributed by atoms with van der Waals surface area (Å²) >= 11 is 0. The van der Waals surface area contributed by atoms with E-state index >= 15 is 0 Å². The molecular formula is C16H17F3N2O4. The van der Waals surface area contributed by atoms with E-state index in [1.165, 1.54) is 25.3 Å². The molecular weight excluding hydrogens is 341 g/mol. The number of urea groups is 1. The molecule has 2 rings (SSSR count). The number of esters is 1. The number of alkyl halides is 3. The standard InChI is InChI=1S/C16H17F3N2O4/c1-9-12(14(22)25-8-7-24-2)13(21-15(23)20-9)10-5-3-4-6-11(10)16(17,18)19/h3-6,12-13H,1,7-8H2,2H3,(H2,20,21,23)/t12-,13-/m1/s1. The minimum absolute atomic E-state index is 0.0341. The van der Waals surface area contributed by atoms with Crippen molar-refractivity contribution in [3.63, 3.8) is 0 Å². The lowest BCUT2D eigenvalue weighted by molar-refractivity contribution is -0.150. The minimum atomic E-state index is -4.64. The fraction of sp³-hybridized carbons (Fsp3) is 0.375. The summed E-state index contributed by atoms with van der Waals surface area (Å²) in [5.74, 6) is -2.02. The van der Waals surface area contributed by atoms with Crippen molar-refractivity contribution in [1.82, 2.24) is 10.6 Å². The van der Waals surface area contributed by atoms with Crippen LogP contribution in [0.4, 0.5) is 18.0 Å². The third-order valence-electron chi connectivity index (χ3n) is 3.66. The first-order valence-electron chi connectivity index (χ1n) is 7.33. The van der Waals surface area contributed by atoms with E-state index in [0.717, 1.165) is 6.07 Å². The van der Waals surface area contributed by atoms with Gasteiger partial charge >= 0.3 is 18.2 Å². The van der Waals surface area contributed by atoms with Gasteiger partial charge in [0.05, 0.1) is 18.2 Å². The highest BCUT2D eigenvalue weighted by molar-refractivity contribution is 5.85. The summed E-state index contributed by atoms with van der Waals surface area (Å²) in [4.78, 5) is 24.0. The van der Waals surface area contributed by atoms with E-state index in [-0.39, 0.29) is 24.5 Å². The average molecular weight is 358 g/mol. The molecule has 2 N–H and O–H groups in total. The Kier molecular flexibility index (Phi) is 5.68. The van der Waals surface area contributed by atoms with Crippen molar-refractivity contribution < 1.29 is 32.2 Å². The van der Waals surface area contributed by atoms with Gasteiger partial charge in [0.25, 0.3) is 0 Å². The lowest BCUT2D eigenvalue weighted by Gasteiger charge is -2.34. The molecule has 9 heteroatoms. The number of carbonyl (C=O) groups is 2. The van der Waals surface area contributed by atoms with Crippen LogP contribution in [0.3, 0.4) is 0 Å². The fourth-order valence-corrected chi connectivity index (χ4v) is 2.56. The first-order chi connectivity index (χ1) is 11.8. The third-order valence-corrected chi connectivity index (χ3v) is 3.66. The SMILES string of the molecule is C=C1NC(=O)N[C@H](c2ccccc2C(F)(F)F)[C@@H]1C(=O)OCCOC. The van der Waals surface area contributed by atoms with Gasteiger partial charge in [-0.3, -0.25) is 4.79 Å². The molecule has 0 spiro atoms. The number of methoxy groups -OCH3 is 1. The molecule has 0 aromatic heterocycles. The molecule has 2 atom stereocenters. The van der Waals surface area contributed by atoms with E-state index in [4.69, 9.17) is 9.47 Å². The largest absolute Gasteiger partial charge is 0.463 e. The van der Waals surface area contributed by atoms with Crippen LogP contribution in [0.15, 0.2) is 36.5 Å². The van der Waals surface area contributed by atoms with Gasteiger partial charge < -0.3 is 20.1 Å². The predicted molar refractivity (Wildman–Crippen MR) is 81.3 cm³/mol. The Bertz CT molecular complexity index is 676. The third kappa shape index (κ3) is 4.30. The van der Waals surface area contributed by atoms with E-state index in [2.05, 4.69) is 17.2 Å². The zero-order valence-corrected chi connectivity index (χ0v) is 13.4. The second-order valence-electron chi connectivity index (χ2n) is 5.32. The van der Waals surface area contributed by atoms with Crippen molar-refractivity contribution in [2.75, 3.05) is 20.3 Å². The molecule has 1 aromatic carbocycles. The van der Waals surface area contributed by atoms with Crippen LogP contribution in [0.1, 0.15) is 17.2 Å². The summed E-state index contributed by atoms with van der Waals surface area (Å²) in [6, 6.07) is 2.73. The first-order valence-corrected chi connectivity index (χ1v) is 7.33. The molecule has 0 bridgehead atoms. The predicted octanol–water partition coefficient (Wildman–Crippen LogP) is 2.38. The molecule has 0 unspecified atom stereocenters. The number of hydrogen-bond acceptors (Lipinski definition) is 4. The second-order valence-corrected chi connectivity index (χ2v) is 5.32. The van der Waals surface area contributed by atoms with Gasteiger partial charge in [0.1, 0.15) is 12.5 Å². The van der Waals surface area contributed by atoms with Gasteiger partial charge in [0.15, 0.2) is 0 Å². The Labute approximate surface area is 142 Å². The van der Waals surface area contributed by atoms with Crippen LogP contribution < -0.4 is 10.6 Å². The highest BCUT2D eigenvalue weighted by atomic mass is 19.4. The maximum Gasteiger partial charge on any atom is 0.416 e. The number of amides is 2. The monoisotopic (exact) mass is 358 g/mol. The fourth-order valence-electron chi connectivity index (χ4n) is 2.56.